The third-order valence-corrected chi connectivity index (χ3v) is 15.1. The molecular weight excluding hydrogens is 895 g/mol. The molecule has 3 aliphatic rings. The molecule has 0 aromatic heterocycles. The summed E-state index contributed by atoms with van der Waals surface area (Å²) in [4.78, 5) is 27.8. The van der Waals surface area contributed by atoms with E-state index in [0.29, 0.717) is 50.3 Å². The molecule has 370 valence electrons. The number of carbonyl (C=O) groups is 2. The number of esters is 2. The number of phenols is 3. The first-order chi connectivity index (χ1) is 34.4. The fourth-order valence-electron chi connectivity index (χ4n) is 12.0. The van der Waals surface area contributed by atoms with Gasteiger partial charge in [-0.3, -0.25) is 9.59 Å². The zero-order valence-corrected chi connectivity index (χ0v) is 41.1. The van der Waals surface area contributed by atoms with Crippen LogP contribution in [0.5, 0.6) is 28.7 Å². The van der Waals surface area contributed by atoms with Crippen LogP contribution >= 0.6 is 0 Å². The van der Waals surface area contributed by atoms with E-state index in [-0.39, 0.29) is 47.8 Å². The highest BCUT2D eigenvalue weighted by molar-refractivity contribution is 5.98. The lowest BCUT2D eigenvalue weighted by atomic mass is 9.49. The van der Waals surface area contributed by atoms with E-state index in [4.69, 9.17) is 23.7 Å². The van der Waals surface area contributed by atoms with Gasteiger partial charge in [0, 0.05) is 44.4 Å². The molecule has 71 heavy (non-hydrogen) atoms. The molecule has 0 bridgehead atoms. The molecule has 0 spiro atoms. The smallest absolute Gasteiger partial charge is 0.310 e. The summed E-state index contributed by atoms with van der Waals surface area (Å²) in [6.07, 6.45) is 7.30. The quantitative estimate of drug-likeness (QED) is 0.0542. The molecule has 11 nitrogen and oxygen atoms in total. The van der Waals surface area contributed by atoms with Gasteiger partial charge in [-0.15, -0.1) is 0 Å². The van der Waals surface area contributed by atoms with Crippen molar-refractivity contribution in [3.63, 3.8) is 0 Å². The van der Waals surface area contributed by atoms with Gasteiger partial charge >= 0.3 is 11.9 Å². The van der Waals surface area contributed by atoms with Crippen LogP contribution in [0.25, 0.3) is 28.0 Å². The van der Waals surface area contributed by atoms with Gasteiger partial charge < -0.3 is 44.3 Å². The van der Waals surface area contributed by atoms with Crippen LogP contribution in [0.2, 0.25) is 0 Å². The van der Waals surface area contributed by atoms with Crippen molar-refractivity contribution in [1.82, 2.24) is 5.32 Å². The highest BCUT2D eigenvalue weighted by Crippen LogP contribution is 2.60. The molecule has 0 saturated heterocycles. The highest BCUT2D eigenvalue weighted by Gasteiger charge is 2.56. The van der Waals surface area contributed by atoms with E-state index in [1.807, 2.05) is 79.7 Å². The van der Waals surface area contributed by atoms with Gasteiger partial charge in [-0.1, -0.05) is 72.8 Å². The Morgan fingerprint density at radius 3 is 2.35 bits per heavy atom. The Labute approximate surface area is 416 Å². The Kier molecular flexibility index (Phi) is 15.0. The molecule has 1 fully saturated rings. The largest absolute Gasteiger partial charge is 0.508 e. The molecule has 6 aromatic carbocycles. The van der Waals surface area contributed by atoms with E-state index in [1.54, 1.807) is 19.2 Å². The number of methoxy groups -OCH3 is 2. The van der Waals surface area contributed by atoms with Crippen LogP contribution in [0, 0.1) is 17.3 Å². The minimum absolute atomic E-state index is 0.00703. The maximum Gasteiger partial charge on any atom is 0.310 e. The Morgan fingerprint density at radius 2 is 1.58 bits per heavy atom. The molecule has 6 unspecified atom stereocenters. The summed E-state index contributed by atoms with van der Waals surface area (Å²) in [6.45, 7) is 6.38. The van der Waals surface area contributed by atoms with Crippen molar-refractivity contribution in [3.8, 4) is 39.9 Å². The van der Waals surface area contributed by atoms with Gasteiger partial charge in [0.15, 0.2) is 23.0 Å². The molecule has 0 radical (unpaired) electrons. The maximum absolute atomic E-state index is 14.5. The minimum atomic E-state index is -0.652. The van der Waals surface area contributed by atoms with Crippen LogP contribution in [0.3, 0.4) is 0 Å². The molecule has 4 N–H and O–H groups in total. The number of aryl methyl sites for hydroxylation is 1. The van der Waals surface area contributed by atoms with Crippen LogP contribution in [-0.4, -0.2) is 73.4 Å². The third kappa shape index (κ3) is 10.8. The molecule has 0 heterocycles. The molecule has 0 aliphatic heterocycles. The van der Waals surface area contributed by atoms with Crippen molar-refractivity contribution in [2.24, 2.45) is 17.3 Å². The number of hydrogen-bond acceptors (Lipinski definition) is 11. The normalized spacial score (nSPS) is 21.5. The lowest BCUT2D eigenvalue weighted by molar-refractivity contribution is -0.164. The first kappa shape index (κ1) is 49.2. The molecule has 3 aliphatic carbocycles. The van der Waals surface area contributed by atoms with Crippen molar-refractivity contribution >= 4 is 28.8 Å². The first-order valence-corrected chi connectivity index (χ1v) is 25.0. The maximum atomic E-state index is 14.5. The number of carbonyl (C=O) groups excluding carboxylic acids is 2. The van der Waals surface area contributed by atoms with Gasteiger partial charge in [-0.2, -0.15) is 0 Å². The number of benzene rings is 6. The molecule has 6 atom stereocenters. The predicted octanol–water partition coefficient (Wildman–Crippen LogP) is 10.8. The fourth-order valence-corrected chi connectivity index (χ4v) is 12.0. The van der Waals surface area contributed by atoms with Crippen molar-refractivity contribution < 1.29 is 48.6 Å². The predicted molar refractivity (Wildman–Crippen MR) is 275 cm³/mol. The Balaban J connectivity index is 1.07. The molecule has 1 saturated carbocycles. The number of phenolic OH excluding ortho intramolecular Hbond substituents is 3. The van der Waals surface area contributed by atoms with Crippen molar-refractivity contribution in [3.05, 3.63) is 154 Å². The van der Waals surface area contributed by atoms with E-state index in [9.17, 15) is 24.9 Å². The number of hydrogen-bond donors (Lipinski definition) is 4. The summed E-state index contributed by atoms with van der Waals surface area (Å²) in [5, 5.41) is 38.3. The summed E-state index contributed by atoms with van der Waals surface area (Å²) in [5.74, 6) is -0.292. The third-order valence-electron chi connectivity index (χ3n) is 15.1. The summed E-state index contributed by atoms with van der Waals surface area (Å²) < 4.78 is 29.9. The van der Waals surface area contributed by atoms with Gasteiger partial charge in [0.2, 0.25) is 0 Å². The monoisotopic (exact) mass is 959 g/mol. The Hall–Kier alpha value is -6.82. The van der Waals surface area contributed by atoms with E-state index in [2.05, 4.69) is 41.7 Å². The molecule has 11 heteroatoms. The first-order valence-electron chi connectivity index (χ1n) is 25.0. The number of aromatic hydroxyl groups is 3. The molecule has 9 rings (SSSR count). The van der Waals surface area contributed by atoms with Crippen LogP contribution in [-0.2, 0) is 56.0 Å². The van der Waals surface area contributed by atoms with Gasteiger partial charge in [0.1, 0.15) is 18.0 Å². The Bertz CT molecular complexity index is 2910. The summed E-state index contributed by atoms with van der Waals surface area (Å²) >= 11 is 0. The van der Waals surface area contributed by atoms with E-state index < -0.39 is 29.6 Å². The average molecular weight is 960 g/mol. The van der Waals surface area contributed by atoms with Crippen molar-refractivity contribution in [1.29, 1.82) is 0 Å². The van der Waals surface area contributed by atoms with Crippen LogP contribution in [0.15, 0.2) is 115 Å². The zero-order chi connectivity index (χ0) is 49.6. The van der Waals surface area contributed by atoms with E-state index >= 15 is 0 Å². The zero-order valence-electron chi connectivity index (χ0n) is 41.1. The lowest BCUT2D eigenvalue weighted by Crippen LogP contribution is -2.54. The van der Waals surface area contributed by atoms with Gasteiger partial charge in [0.25, 0.3) is 0 Å². The van der Waals surface area contributed by atoms with Crippen LogP contribution < -0.4 is 14.8 Å². The molecular formula is C60H65NO10. The standard InChI is InChI=1S/C60H65NO10/c1-5-69-22-10-21-61-36-40-13-9-14-41(23-40)49-31-46(63)26-42-16-15-39(24-48(42)49)25-59(66)71-47-32-51-50-34-58(68-4)54(64)28-43(50)17-18-52(51)60(20-19-38-11-7-6-8-12-38)35-45-29-55(65)57(67-3)30-44(45)27-53(60)56(33-47)70-37(2)62/h6-9,11-16,19-20,23-24,26,28-31,34,47,51-53,56,61,63-65H,5,10,17-18,21-22,25,27,32-33,35-36H2,1-4H3. The number of allylic oxidation sites excluding steroid dienone is 1. The van der Waals surface area contributed by atoms with E-state index in [1.165, 1.54) is 14.0 Å². The summed E-state index contributed by atoms with van der Waals surface area (Å²) in [5.41, 5.74) is 8.15. The minimum Gasteiger partial charge on any atom is -0.508 e. The number of fused-ring (bicyclic) bond motifs is 7. The number of nitrogens with one attached hydrogen (secondary N) is 1. The van der Waals surface area contributed by atoms with Gasteiger partial charge in [0.05, 0.1) is 20.6 Å². The van der Waals surface area contributed by atoms with Crippen LogP contribution in [0.4, 0.5) is 0 Å². The van der Waals surface area contributed by atoms with Crippen LogP contribution in [0.1, 0.15) is 84.4 Å². The average Bonchev–Trinajstić information content (AvgIpc) is 3.35. The molecule has 6 aromatic rings. The van der Waals surface area contributed by atoms with Gasteiger partial charge in [-0.25, -0.2) is 0 Å². The highest BCUT2D eigenvalue weighted by atomic mass is 16.6. The summed E-state index contributed by atoms with van der Waals surface area (Å²) in [7, 11) is 3.09. The SMILES string of the molecule is CCOCCCNCc1cccc(-c2cc(O)cc3ccc(CC(=O)OC4CC(OC(C)=O)C5Cc6cc(OC)c(O)cc6CC5(C=Cc5ccccc5)C5CCc6cc(O)c(OC)cc6C5C4)cc23)c1. The fraction of sp³-hybridized carbons (Fsp3) is 0.367. The van der Waals surface area contributed by atoms with Gasteiger partial charge in [-0.05, 0) is 173 Å². The molecule has 0 amide bonds. The van der Waals surface area contributed by atoms with E-state index in [0.717, 1.165) is 86.8 Å². The number of ether oxygens (including phenoxy) is 5. The lowest BCUT2D eigenvalue weighted by Gasteiger charge is -2.56. The number of rotatable bonds is 16. The second kappa shape index (κ2) is 21.7. The van der Waals surface area contributed by atoms with Crippen molar-refractivity contribution in [2.75, 3.05) is 34.0 Å². The summed E-state index contributed by atoms with van der Waals surface area (Å²) in [6, 6.07) is 35.3. The Morgan fingerprint density at radius 1 is 0.789 bits per heavy atom. The second-order valence-corrected chi connectivity index (χ2v) is 19.5. The topological polar surface area (TPSA) is 153 Å². The van der Waals surface area contributed by atoms with Crippen molar-refractivity contribution in [2.45, 2.75) is 89.9 Å². The second-order valence-electron chi connectivity index (χ2n) is 19.5.